The molecule has 0 unspecified atom stereocenters. The van der Waals surface area contributed by atoms with E-state index in [0.717, 1.165) is 24.8 Å². The molecule has 0 aliphatic rings. The lowest BCUT2D eigenvalue weighted by Crippen LogP contribution is -2.18. The van der Waals surface area contributed by atoms with Crippen LogP contribution in [0.25, 0.3) is 0 Å². The van der Waals surface area contributed by atoms with Crippen LogP contribution in [0.3, 0.4) is 0 Å². The Bertz CT molecular complexity index is 363. The third-order valence-corrected chi connectivity index (χ3v) is 3.15. The van der Waals surface area contributed by atoms with Gasteiger partial charge in [0.1, 0.15) is 11.6 Å². The first-order valence-corrected chi connectivity index (χ1v) is 6.01. The summed E-state index contributed by atoms with van der Waals surface area (Å²) in [6.45, 7) is 5.01. The fourth-order valence-corrected chi connectivity index (χ4v) is 1.85. The average molecular weight is 239 g/mol. The summed E-state index contributed by atoms with van der Waals surface area (Å²) in [5, 5.41) is 0. The van der Waals surface area contributed by atoms with Gasteiger partial charge in [0.25, 0.3) is 0 Å². The van der Waals surface area contributed by atoms with Gasteiger partial charge in [0, 0.05) is 6.07 Å². The van der Waals surface area contributed by atoms with Gasteiger partial charge in [0.05, 0.1) is 7.11 Å². The van der Waals surface area contributed by atoms with Crippen LogP contribution in [0.2, 0.25) is 0 Å². The van der Waals surface area contributed by atoms with E-state index in [1.165, 1.54) is 6.07 Å². The highest BCUT2D eigenvalue weighted by Gasteiger charge is 2.17. The first kappa shape index (κ1) is 14.0. The molecule has 17 heavy (non-hydrogen) atoms. The first-order valence-electron chi connectivity index (χ1n) is 6.01. The molecule has 0 spiro atoms. The summed E-state index contributed by atoms with van der Waals surface area (Å²) in [5.74, 6) is 0.375. The summed E-state index contributed by atoms with van der Waals surface area (Å²) in [6.07, 6.45) is 2.64. The van der Waals surface area contributed by atoms with Crippen LogP contribution in [0.15, 0.2) is 18.2 Å². The second-order valence-electron chi connectivity index (χ2n) is 5.16. The van der Waals surface area contributed by atoms with Crippen molar-refractivity contribution >= 4 is 0 Å². The van der Waals surface area contributed by atoms with E-state index in [2.05, 4.69) is 13.8 Å². The van der Waals surface area contributed by atoms with Crippen molar-refractivity contribution in [1.82, 2.24) is 0 Å². The smallest absolute Gasteiger partial charge is 0.130 e. The van der Waals surface area contributed by atoms with Crippen LogP contribution in [0.1, 0.15) is 32.3 Å². The van der Waals surface area contributed by atoms with Gasteiger partial charge in [-0.2, -0.15) is 0 Å². The van der Waals surface area contributed by atoms with Crippen LogP contribution in [0, 0.1) is 11.2 Å². The molecule has 0 atom stereocenters. The molecule has 0 fully saturated rings. The Morgan fingerprint density at radius 2 is 2.00 bits per heavy atom. The number of benzene rings is 1. The van der Waals surface area contributed by atoms with E-state index < -0.39 is 0 Å². The second-order valence-corrected chi connectivity index (χ2v) is 5.16. The summed E-state index contributed by atoms with van der Waals surface area (Å²) in [6, 6.07) is 5.03. The maximum Gasteiger partial charge on any atom is 0.130 e. The molecule has 1 rings (SSSR count). The van der Waals surface area contributed by atoms with E-state index >= 15 is 0 Å². The number of methoxy groups -OCH3 is 1. The highest BCUT2D eigenvalue weighted by Crippen LogP contribution is 2.27. The number of halogens is 1. The van der Waals surface area contributed by atoms with Gasteiger partial charge in [-0.1, -0.05) is 19.9 Å². The molecule has 1 aromatic carbocycles. The lowest BCUT2D eigenvalue weighted by molar-refractivity contribution is 0.312. The lowest BCUT2D eigenvalue weighted by Gasteiger charge is -2.23. The summed E-state index contributed by atoms with van der Waals surface area (Å²) in [7, 11) is 1.54. The van der Waals surface area contributed by atoms with Gasteiger partial charge in [-0.25, -0.2) is 4.39 Å². The molecule has 2 nitrogen and oxygen atoms in total. The summed E-state index contributed by atoms with van der Waals surface area (Å²) in [5.41, 5.74) is 6.47. The molecule has 0 radical (unpaired) electrons. The fraction of sp³-hybridized carbons (Fsp3) is 0.571. The first-order chi connectivity index (χ1) is 7.98. The predicted molar refractivity (Wildman–Crippen MR) is 68.7 cm³/mol. The van der Waals surface area contributed by atoms with Crippen molar-refractivity contribution in [3.63, 3.8) is 0 Å². The van der Waals surface area contributed by atoms with Gasteiger partial charge < -0.3 is 10.5 Å². The fourth-order valence-electron chi connectivity index (χ4n) is 1.85. The van der Waals surface area contributed by atoms with Crippen LogP contribution in [-0.4, -0.2) is 13.7 Å². The Kier molecular flexibility index (Phi) is 4.94. The Morgan fingerprint density at radius 3 is 2.53 bits per heavy atom. The van der Waals surface area contributed by atoms with Crippen molar-refractivity contribution in [2.75, 3.05) is 13.7 Å². The maximum absolute atomic E-state index is 13.7. The highest BCUT2D eigenvalue weighted by molar-refractivity contribution is 5.29. The number of aryl methyl sites for hydroxylation is 1. The Morgan fingerprint density at radius 1 is 1.29 bits per heavy atom. The Labute approximate surface area is 103 Å². The third kappa shape index (κ3) is 4.35. The number of nitrogens with two attached hydrogens (primary N) is 1. The van der Waals surface area contributed by atoms with Crippen molar-refractivity contribution in [3.05, 3.63) is 29.6 Å². The molecule has 0 saturated carbocycles. The topological polar surface area (TPSA) is 35.2 Å². The molecular weight excluding hydrogens is 217 g/mol. The molecule has 0 bridgehead atoms. The number of rotatable bonds is 6. The Balaban J connectivity index is 2.63. The SMILES string of the molecule is COc1ccc(CCC(C)(C)CCN)c(F)c1. The van der Waals surface area contributed by atoms with Crippen LogP contribution >= 0.6 is 0 Å². The van der Waals surface area contributed by atoms with E-state index in [9.17, 15) is 4.39 Å². The van der Waals surface area contributed by atoms with E-state index in [0.29, 0.717) is 12.3 Å². The molecule has 0 aliphatic carbocycles. The lowest BCUT2D eigenvalue weighted by atomic mass is 9.83. The number of ether oxygens (including phenoxy) is 1. The van der Waals surface area contributed by atoms with Gasteiger partial charge >= 0.3 is 0 Å². The molecule has 0 aliphatic heterocycles. The van der Waals surface area contributed by atoms with Gasteiger partial charge in [-0.3, -0.25) is 0 Å². The van der Waals surface area contributed by atoms with Crippen molar-refractivity contribution in [1.29, 1.82) is 0 Å². The summed E-state index contributed by atoms with van der Waals surface area (Å²) in [4.78, 5) is 0. The monoisotopic (exact) mass is 239 g/mol. The molecular formula is C14H22FNO. The molecule has 3 heteroatoms. The average Bonchev–Trinajstić information content (AvgIpc) is 2.27. The highest BCUT2D eigenvalue weighted by atomic mass is 19.1. The Hall–Kier alpha value is -1.09. The molecule has 1 aromatic rings. The standard InChI is InChI=1S/C14H22FNO/c1-14(2,8-9-16)7-6-11-4-5-12(17-3)10-13(11)15/h4-5,10H,6-9,16H2,1-3H3. The van der Waals surface area contributed by atoms with Gasteiger partial charge in [-0.05, 0) is 42.9 Å². The van der Waals surface area contributed by atoms with E-state index in [1.54, 1.807) is 19.2 Å². The van der Waals surface area contributed by atoms with Crippen molar-refractivity contribution in [2.24, 2.45) is 11.1 Å². The second kappa shape index (κ2) is 6.01. The molecule has 0 heterocycles. The zero-order valence-electron chi connectivity index (χ0n) is 10.9. The van der Waals surface area contributed by atoms with Crippen LogP contribution < -0.4 is 10.5 Å². The molecule has 0 aromatic heterocycles. The number of hydrogen-bond acceptors (Lipinski definition) is 2. The maximum atomic E-state index is 13.7. The van der Waals surface area contributed by atoms with Gasteiger partial charge in [0.2, 0.25) is 0 Å². The minimum Gasteiger partial charge on any atom is -0.497 e. The van der Waals surface area contributed by atoms with E-state index in [1.807, 2.05) is 0 Å². The molecule has 2 N–H and O–H groups in total. The largest absolute Gasteiger partial charge is 0.497 e. The summed E-state index contributed by atoms with van der Waals surface area (Å²) < 4.78 is 18.7. The van der Waals surface area contributed by atoms with Crippen LogP contribution in [-0.2, 0) is 6.42 Å². The van der Waals surface area contributed by atoms with Crippen molar-refractivity contribution < 1.29 is 9.13 Å². The van der Waals surface area contributed by atoms with Gasteiger partial charge in [-0.15, -0.1) is 0 Å². The zero-order chi connectivity index (χ0) is 12.9. The normalized spacial score (nSPS) is 11.6. The van der Waals surface area contributed by atoms with Gasteiger partial charge in [0.15, 0.2) is 0 Å². The van der Waals surface area contributed by atoms with E-state index in [-0.39, 0.29) is 11.2 Å². The molecule has 0 saturated heterocycles. The predicted octanol–water partition coefficient (Wildman–Crippen LogP) is 3.14. The quantitative estimate of drug-likeness (QED) is 0.827. The van der Waals surface area contributed by atoms with Crippen molar-refractivity contribution in [2.45, 2.75) is 33.1 Å². The number of hydrogen-bond donors (Lipinski definition) is 1. The minimum absolute atomic E-state index is 0.168. The third-order valence-electron chi connectivity index (χ3n) is 3.15. The van der Waals surface area contributed by atoms with Crippen molar-refractivity contribution in [3.8, 4) is 5.75 Å². The minimum atomic E-state index is -0.187. The molecule has 0 amide bonds. The van der Waals surface area contributed by atoms with E-state index in [4.69, 9.17) is 10.5 Å². The zero-order valence-corrected chi connectivity index (χ0v) is 10.9. The summed E-state index contributed by atoms with van der Waals surface area (Å²) >= 11 is 0. The van der Waals surface area contributed by atoms with Crippen LogP contribution in [0.4, 0.5) is 4.39 Å². The molecule has 96 valence electrons. The van der Waals surface area contributed by atoms with Crippen LogP contribution in [0.5, 0.6) is 5.75 Å².